The van der Waals surface area contributed by atoms with E-state index in [2.05, 4.69) is 65.2 Å². The molecule has 4 rings (SSSR count). The minimum Gasteiger partial charge on any atom is -0.446 e. The van der Waals surface area contributed by atoms with Gasteiger partial charge in [0.15, 0.2) is 11.2 Å². The van der Waals surface area contributed by atoms with Gasteiger partial charge < -0.3 is 19.3 Å². The molecule has 60 heavy (non-hydrogen) atoms. The Bertz CT molecular complexity index is 1740. The Morgan fingerprint density at radius 2 is 0.767 bits per heavy atom. The Hall–Kier alpha value is -3.94. The van der Waals surface area contributed by atoms with Gasteiger partial charge >= 0.3 is 11.9 Å². The Morgan fingerprint density at radius 1 is 0.483 bits per heavy atom. The molecule has 0 fully saturated rings. The summed E-state index contributed by atoms with van der Waals surface area (Å²) in [4.78, 5) is 33.3. The molecular formula is C52H68Cl2N2O4. The van der Waals surface area contributed by atoms with E-state index in [1.165, 1.54) is 12.2 Å². The molecule has 324 valence electrons. The Morgan fingerprint density at radius 3 is 1.05 bits per heavy atom. The molecule has 8 heteroatoms. The number of halogens is 2. The van der Waals surface area contributed by atoms with Crippen molar-refractivity contribution in [1.29, 1.82) is 0 Å². The Balaban J connectivity index is 1.68. The number of benzene rings is 4. The fourth-order valence-corrected chi connectivity index (χ4v) is 8.58. The summed E-state index contributed by atoms with van der Waals surface area (Å²) in [6.07, 6.45) is 4.97. The molecule has 2 atom stereocenters. The van der Waals surface area contributed by atoms with Gasteiger partial charge in [0, 0.05) is 70.6 Å². The molecule has 0 spiro atoms. The lowest BCUT2D eigenvalue weighted by Gasteiger charge is -2.36. The topological polar surface area (TPSA) is 59.1 Å². The van der Waals surface area contributed by atoms with E-state index in [9.17, 15) is 9.59 Å². The van der Waals surface area contributed by atoms with E-state index in [0.717, 1.165) is 74.4 Å². The van der Waals surface area contributed by atoms with Gasteiger partial charge in [-0.15, -0.1) is 0 Å². The number of ether oxygens (including phenoxy) is 2. The molecule has 2 unspecified atom stereocenters. The fraction of sp³-hybridized carbons (Fsp3) is 0.462. The third kappa shape index (κ3) is 14.9. The van der Waals surface area contributed by atoms with Gasteiger partial charge in [-0.1, -0.05) is 164 Å². The summed E-state index contributed by atoms with van der Waals surface area (Å²) in [5, 5.41) is 1.18. The van der Waals surface area contributed by atoms with Crippen LogP contribution in [0.25, 0.3) is 0 Å². The maximum atomic E-state index is 14.2. The van der Waals surface area contributed by atoms with Crippen LogP contribution in [0.4, 0.5) is 0 Å². The molecular weight excluding hydrogens is 787 g/mol. The molecule has 0 aliphatic carbocycles. The van der Waals surface area contributed by atoms with Crippen LogP contribution in [0.1, 0.15) is 103 Å². The summed E-state index contributed by atoms with van der Waals surface area (Å²) in [5.74, 6) is 0.777. The van der Waals surface area contributed by atoms with Crippen molar-refractivity contribution < 1.29 is 19.1 Å². The van der Waals surface area contributed by atoms with Crippen LogP contribution in [-0.4, -0.2) is 61.0 Å². The summed E-state index contributed by atoms with van der Waals surface area (Å²) in [6.45, 7) is 23.5. The highest BCUT2D eigenvalue weighted by atomic mass is 35.5. The minimum absolute atomic E-state index is 0.520. The van der Waals surface area contributed by atoms with Gasteiger partial charge in [0.25, 0.3) is 0 Å². The first kappa shape index (κ1) is 48.7. The number of hydrogen-bond acceptors (Lipinski definition) is 6. The number of carbonyl (C=O) groups is 2. The van der Waals surface area contributed by atoms with E-state index in [1.54, 1.807) is 0 Å². The van der Waals surface area contributed by atoms with Crippen molar-refractivity contribution in [3.05, 3.63) is 154 Å². The monoisotopic (exact) mass is 854 g/mol. The summed E-state index contributed by atoms with van der Waals surface area (Å²) >= 11 is 12.8. The third-order valence-corrected chi connectivity index (χ3v) is 11.0. The zero-order valence-electron chi connectivity index (χ0n) is 37.2. The van der Waals surface area contributed by atoms with Gasteiger partial charge in [-0.3, -0.25) is 0 Å². The number of nitrogens with zero attached hydrogens (tertiary/aromatic N) is 2. The standard InChI is InChI=1S/C52H68Cl2N2O4/c1-39(2)35-55(36-40(3)4)33-15-31-51(43-17-11-9-12-18-43,45-21-25-47(53)26-22-45)59-49(57)29-30-50(58)60-52(44-19-13-10-14-20-44,46-23-27-48(54)28-24-46)32-16-34-56(37-41(5)6)38-42(7)8/h9-14,17-30,39-42H,15-16,31-38H2,1-8H3/b30-29-. The van der Waals surface area contributed by atoms with Gasteiger partial charge in [-0.25, -0.2) is 9.59 Å². The van der Waals surface area contributed by atoms with Crippen LogP contribution in [0.3, 0.4) is 0 Å². The lowest BCUT2D eigenvalue weighted by molar-refractivity contribution is -0.154. The molecule has 0 heterocycles. The summed E-state index contributed by atoms with van der Waals surface area (Å²) in [6, 6.07) is 34.7. The van der Waals surface area contributed by atoms with E-state index in [-0.39, 0.29) is 0 Å². The molecule has 0 aliphatic rings. The quantitative estimate of drug-likeness (QED) is 0.0517. The molecule has 0 radical (unpaired) electrons. The molecule has 0 aliphatic heterocycles. The molecule has 6 nitrogen and oxygen atoms in total. The molecule has 0 bridgehead atoms. The molecule has 0 saturated carbocycles. The van der Waals surface area contributed by atoms with Crippen molar-refractivity contribution in [3.63, 3.8) is 0 Å². The van der Waals surface area contributed by atoms with Crippen molar-refractivity contribution in [1.82, 2.24) is 9.80 Å². The van der Waals surface area contributed by atoms with Gasteiger partial charge in [0.2, 0.25) is 0 Å². The predicted molar refractivity (Wildman–Crippen MR) is 249 cm³/mol. The van der Waals surface area contributed by atoms with Crippen LogP contribution in [-0.2, 0) is 30.3 Å². The van der Waals surface area contributed by atoms with Crippen LogP contribution in [0.5, 0.6) is 0 Å². The van der Waals surface area contributed by atoms with Crippen LogP contribution < -0.4 is 0 Å². The van der Waals surface area contributed by atoms with Crippen molar-refractivity contribution in [2.75, 3.05) is 39.3 Å². The maximum absolute atomic E-state index is 14.2. The fourth-order valence-electron chi connectivity index (χ4n) is 8.33. The summed E-state index contributed by atoms with van der Waals surface area (Å²) in [5.41, 5.74) is 0.991. The molecule has 4 aromatic rings. The van der Waals surface area contributed by atoms with Crippen LogP contribution >= 0.6 is 23.2 Å². The maximum Gasteiger partial charge on any atom is 0.332 e. The SMILES string of the molecule is CC(C)CN(CCCC(OC(=O)/C=C\C(=O)OC(CCCN(CC(C)C)CC(C)C)(c1ccccc1)c1ccc(Cl)cc1)(c1ccccc1)c1ccc(Cl)cc1)CC(C)C. The highest BCUT2D eigenvalue weighted by Gasteiger charge is 2.40. The van der Waals surface area contributed by atoms with E-state index >= 15 is 0 Å². The minimum atomic E-state index is -1.15. The van der Waals surface area contributed by atoms with Crippen LogP contribution in [0.2, 0.25) is 10.0 Å². The highest BCUT2D eigenvalue weighted by molar-refractivity contribution is 6.30. The van der Waals surface area contributed by atoms with Gasteiger partial charge in [-0.05, 0) is 86.7 Å². The zero-order valence-corrected chi connectivity index (χ0v) is 38.7. The second-order valence-corrected chi connectivity index (χ2v) is 18.7. The molecule has 0 aromatic heterocycles. The Labute approximate surface area is 371 Å². The van der Waals surface area contributed by atoms with Crippen LogP contribution in [0.15, 0.2) is 121 Å². The highest BCUT2D eigenvalue weighted by Crippen LogP contribution is 2.41. The second kappa shape index (κ2) is 23.9. The number of hydrogen-bond donors (Lipinski definition) is 0. The van der Waals surface area contributed by atoms with Crippen LogP contribution in [0, 0.1) is 23.7 Å². The number of rotatable bonds is 24. The first-order chi connectivity index (χ1) is 28.6. The van der Waals surface area contributed by atoms with Crippen molar-refractivity contribution in [2.24, 2.45) is 23.7 Å². The molecule has 0 N–H and O–H groups in total. The largest absolute Gasteiger partial charge is 0.446 e. The van der Waals surface area contributed by atoms with Gasteiger partial charge in [0.1, 0.15) is 0 Å². The first-order valence-electron chi connectivity index (χ1n) is 21.8. The smallest absolute Gasteiger partial charge is 0.332 e. The van der Waals surface area contributed by atoms with Crippen molar-refractivity contribution in [3.8, 4) is 0 Å². The number of esters is 2. The molecule has 0 saturated heterocycles. The Kier molecular flexibility index (Phi) is 19.4. The average Bonchev–Trinajstić information content (AvgIpc) is 3.19. The molecule has 0 amide bonds. The third-order valence-electron chi connectivity index (χ3n) is 10.5. The van der Waals surface area contributed by atoms with E-state index in [1.807, 2.05) is 109 Å². The first-order valence-corrected chi connectivity index (χ1v) is 22.6. The van der Waals surface area contributed by atoms with E-state index in [0.29, 0.717) is 46.6 Å². The van der Waals surface area contributed by atoms with E-state index in [4.69, 9.17) is 32.7 Å². The summed E-state index contributed by atoms with van der Waals surface area (Å²) < 4.78 is 13.2. The predicted octanol–water partition coefficient (Wildman–Crippen LogP) is 12.6. The second-order valence-electron chi connectivity index (χ2n) is 17.9. The van der Waals surface area contributed by atoms with Crippen molar-refractivity contribution in [2.45, 2.75) is 92.3 Å². The lowest BCUT2D eigenvalue weighted by Crippen LogP contribution is -2.37. The van der Waals surface area contributed by atoms with Gasteiger partial charge in [0.05, 0.1) is 0 Å². The zero-order chi connectivity index (χ0) is 43.7. The van der Waals surface area contributed by atoms with E-state index < -0.39 is 23.1 Å². The van der Waals surface area contributed by atoms with Gasteiger partial charge in [-0.2, -0.15) is 0 Å². The summed E-state index contributed by atoms with van der Waals surface area (Å²) in [7, 11) is 0. The molecule has 4 aromatic carbocycles. The normalized spacial score (nSPS) is 14.1. The average molecular weight is 856 g/mol. The number of carbonyl (C=O) groups excluding carboxylic acids is 2. The lowest BCUT2D eigenvalue weighted by atomic mass is 9.82. The van der Waals surface area contributed by atoms with Crippen molar-refractivity contribution >= 4 is 35.1 Å².